The maximum absolute atomic E-state index is 13.7. The lowest BCUT2D eigenvalue weighted by molar-refractivity contribution is -0.113. The second-order valence-electron chi connectivity index (χ2n) is 8.81. The first kappa shape index (κ1) is 26.5. The molecular formula is C29H26ClN5O3S. The minimum Gasteiger partial charge on any atom is -0.462 e. The van der Waals surface area contributed by atoms with Crippen LogP contribution in [0.25, 0.3) is 0 Å². The molecule has 39 heavy (non-hydrogen) atoms. The number of esters is 1. The van der Waals surface area contributed by atoms with Crippen molar-refractivity contribution in [2.24, 2.45) is 0 Å². The van der Waals surface area contributed by atoms with Crippen LogP contribution in [0.4, 0.5) is 11.6 Å². The monoisotopic (exact) mass is 559 g/mol. The highest BCUT2D eigenvalue weighted by atomic mass is 35.5. The summed E-state index contributed by atoms with van der Waals surface area (Å²) < 4.78 is 6.79. The summed E-state index contributed by atoms with van der Waals surface area (Å²) in [5.74, 6) is 0.556. The van der Waals surface area contributed by atoms with E-state index in [1.807, 2.05) is 61.5 Å². The number of nitrogens with zero attached hydrogens (tertiary/aromatic N) is 3. The van der Waals surface area contributed by atoms with E-state index in [1.54, 1.807) is 35.9 Å². The number of carbonyl (C=O) groups excluding carboxylic acids is 2. The average molecular weight is 560 g/mol. The van der Waals surface area contributed by atoms with Crippen LogP contribution in [-0.4, -0.2) is 33.2 Å². The molecule has 0 unspecified atom stereocenters. The predicted molar refractivity (Wildman–Crippen MR) is 153 cm³/mol. The van der Waals surface area contributed by atoms with E-state index in [1.165, 1.54) is 11.8 Å². The minimum atomic E-state index is -0.487. The second kappa shape index (κ2) is 11.8. The molecule has 5 rings (SSSR count). The fraction of sp³-hybridized carbons (Fsp3) is 0.172. The highest BCUT2D eigenvalue weighted by Crippen LogP contribution is 2.37. The summed E-state index contributed by atoms with van der Waals surface area (Å²) in [7, 11) is 0. The van der Waals surface area contributed by atoms with Gasteiger partial charge in [-0.3, -0.25) is 4.79 Å². The smallest absolute Gasteiger partial charge is 0.338 e. The average Bonchev–Trinajstić information content (AvgIpc) is 3.35. The Labute approximate surface area is 235 Å². The Bertz CT molecular complexity index is 1520. The summed E-state index contributed by atoms with van der Waals surface area (Å²) in [4.78, 5) is 30.3. The first-order valence-corrected chi connectivity index (χ1v) is 13.7. The predicted octanol–water partition coefficient (Wildman–Crippen LogP) is 6.33. The van der Waals surface area contributed by atoms with Gasteiger partial charge in [0, 0.05) is 22.2 Å². The Morgan fingerprint density at radius 3 is 2.46 bits per heavy atom. The van der Waals surface area contributed by atoms with Crippen LogP contribution in [0.2, 0.25) is 5.02 Å². The van der Waals surface area contributed by atoms with E-state index in [2.05, 4.69) is 10.6 Å². The molecular weight excluding hydrogens is 534 g/mol. The van der Waals surface area contributed by atoms with Crippen LogP contribution in [0.1, 0.15) is 41.4 Å². The van der Waals surface area contributed by atoms with E-state index in [4.69, 9.17) is 26.4 Å². The molecule has 0 saturated heterocycles. The maximum atomic E-state index is 13.7. The molecule has 1 amide bonds. The van der Waals surface area contributed by atoms with Gasteiger partial charge < -0.3 is 15.4 Å². The number of hydrogen-bond acceptors (Lipinski definition) is 7. The number of halogens is 1. The Morgan fingerprint density at radius 1 is 1.05 bits per heavy atom. The first-order chi connectivity index (χ1) is 18.9. The molecule has 10 heteroatoms. The number of ether oxygens (including phenoxy) is 1. The van der Waals surface area contributed by atoms with Gasteiger partial charge in [0.25, 0.3) is 5.91 Å². The Hall–Kier alpha value is -4.08. The van der Waals surface area contributed by atoms with Crippen molar-refractivity contribution >= 4 is 46.9 Å². The van der Waals surface area contributed by atoms with Gasteiger partial charge >= 0.3 is 5.97 Å². The van der Waals surface area contributed by atoms with Gasteiger partial charge in [-0.15, -0.1) is 5.10 Å². The number of hydrogen-bond donors (Lipinski definition) is 2. The lowest BCUT2D eigenvalue weighted by Crippen LogP contribution is -2.31. The summed E-state index contributed by atoms with van der Waals surface area (Å²) in [6.45, 7) is 3.91. The molecule has 4 aromatic rings. The topological polar surface area (TPSA) is 98.1 Å². The number of amides is 1. The number of aromatic nitrogens is 3. The molecule has 1 aliphatic heterocycles. The second-order valence-corrected chi connectivity index (χ2v) is 10.2. The van der Waals surface area contributed by atoms with Gasteiger partial charge in [0.15, 0.2) is 0 Å². The van der Waals surface area contributed by atoms with Crippen LogP contribution in [0.5, 0.6) is 0 Å². The van der Waals surface area contributed by atoms with Crippen molar-refractivity contribution in [3.05, 3.63) is 112 Å². The van der Waals surface area contributed by atoms with Gasteiger partial charge in [0.2, 0.25) is 11.1 Å². The zero-order valence-corrected chi connectivity index (χ0v) is 22.9. The van der Waals surface area contributed by atoms with Gasteiger partial charge in [-0.2, -0.15) is 4.98 Å². The Kier molecular flexibility index (Phi) is 7.99. The molecule has 0 saturated carbocycles. The third kappa shape index (κ3) is 6.00. The maximum Gasteiger partial charge on any atom is 0.338 e. The van der Waals surface area contributed by atoms with Crippen LogP contribution in [0, 0.1) is 0 Å². The van der Waals surface area contributed by atoms with Crippen LogP contribution >= 0.6 is 23.4 Å². The number of fused-ring (bicyclic) bond motifs is 1. The number of anilines is 2. The summed E-state index contributed by atoms with van der Waals surface area (Å²) >= 11 is 7.52. The summed E-state index contributed by atoms with van der Waals surface area (Å²) in [6, 6.07) is 23.5. The van der Waals surface area contributed by atoms with E-state index in [9.17, 15) is 9.59 Å². The van der Waals surface area contributed by atoms with Gasteiger partial charge in [0.1, 0.15) is 6.04 Å². The van der Waals surface area contributed by atoms with Crippen molar-refractivity contribution in [1.29, 1.82) is 0 Å². The number of allylic oxidation sites excluding steroid dienone is 1. The number of nitrogens with one attached hydrogen (secondary N) is 2. The molecule has 0 bridgehead atoms. The molecule has 0 fully saturated rings. The van der Waals surface area contributed by atoms with E-state index in [0.29, 0.717) is 51.0 Å². The zero-order valence-electron chi connectivity index (χ0n) is 21.3. The van der Waals surface area contributed by atoms with Crippen molar-refractivity contribution in [3.63, 3.8) is 0 Å². The van der Waals surface area contributed by atoms with Crippen LogP contribution in [-0.2, 0) is 15.3 Å². The standard InChI is InChI=1S/C29H26ClN5O3S/c1-3-38-27(37)21-11-15-23(16-12-21)32-26(36)24-18(2)31-28-33-29(39-17-19-9-13-22(30)14-10-19)34-35(28)25(24)20-7-5-4-6-8-20/h4-16,25H,3,17H2,1-2H3,(H,32,36)(H,31,33,34)/t25-/m1/s1. The van der Waals surface area contributed by atoms with E-state index in [-0.39, 0.29) is 5.91 Å². The van der Waals surface area contributed by atoms with E-state index in [0.717, 1.165) is 11.1 Å². The van der Waals surface area contributed by atoms with E-state index < -0.39 is 12.0 Å². The molecule has 2 heterocycles. The van der Waals surface area contributed by atoms with Crippen molar-refractivity contribution in [2.75, 3.05) is 17.2 Å². The highest BCUT2D eigenvalue weighted by molar-refractivity contribution is 7.98. The lowest BCUT2D eigenvalue weighted by Gasteiger charge is -2.28. The summed E-state index contributed by atoms with van der Waals surface area (Å²) in [6.07, 6.45) is 0. The highest BCUT2D eigenvalue weighted by Gasteiger charge is 2.34. The zero-order chi connectivity index (χ0) is 27.4. The Morgan fingerprint density at radius 2 is 1.77 bits per heavy atom. The van der Waals surface area contributed by atoms with Crippen molar-refractivity contribution < 1.29 is 14.3 Å². The largest absolute Gasteiger partial charge is 0.462 e. The van der Waals surface area contributed by atoms with Crippen LogP contribution in [0.3, 0.4) is 0 Å². The fourth-order valence-electron chi connectivity index (χ4n) is 4.26. The molecule has 8 nitrogen and oxygen atoms in total. The number of thioether (sulfide) groups is 1. The molecule has 0 aliphatic carbocycles. The van der Waals surface area contributed by atoms with E-state index >= 15 is 0 Å². The number of benzene rings is 3. The van der Waals surface area contributed by atoms with Crippen LogP contribution < -0.4 is 10.6 Å². The van der Waals surface area contributed by atoms with Gasteiger partial charge in [0.05, 0.1) is 17.7 Å². The molecule has 1 aliphatic rings. The normalized spacial score (nSPS) is 14.4. The van der Waals surface area contributed by atoms with Crippen molar-refractivity contribution in [1.82, 2.24) is 14.8 Å². The quantitative estimate of drug-likeness (QED) is 0.192. The molecule has 1 aromatic heterocycles. The summed E-state index contributed by atoms with van der Waals surface area (Å²) in [5, 5.41) is 12.3. The number of carbonyl (C=O) groups is 2. The van der Waals surface area contributed by atoms with Crippen LogP contribution in [0.15, 0.2) is 95.3 Å². The SMILES string of the molecule is CCOC(=O)c1ccc(NC(=O)C2=C(C)Nc3nc(SCc4ccc(Cl)cc4)nn3[C@@H]2c2ccccc2)cc1. The minimum absolute atomic E-state index is 0.283. The van der Waals surface area contributed by atoms with Gasteiger partial charge in [-0.05, 0) is 61.4 Å². The molecule has 1 atom stereocenters. The fourth-order valence-corrected chi connectivity index (χ4v) is 5.17. The molecule has 198 valence electrons. The molecule has 2 N–H and O–H groups in total. The first-order valence-electron chi connectivity index (χ1n) is 12.4. The summed E-state index contributed by atoms with van der Waals surface area (Å²) in [5.41, 5.74) is 4.18. The third-order valence-corrected chi connectivity index (χ3v) is 7.29. The molecule has 0 radical (unpaired) electrons. The van der Waals surface area contributed by atoms with Gasteiger partial charge in [-0.25, -0.2) is 9.48 Å². The third-order valence-electron chi connectivity index (χ3n) is 6.13. The van der Waals surface area contributed by atoms with Crippen molar-refractivity contribution in [3.8, 4) is 0 Å². The molecule has 3 aromatic carbocycles. The number of rotatable bonds is 8. The lowest BCUT2D eigenvalue weighted by atomic mass is 9.95. The molecule has 0 spiro atoms. The Balaban J connectivity index is 1.41. The van der Waals surface area contributed by atoms with Gasteiger partial charge in [-0.1, -0.05) is 65.8 Å². The van der Waals surface area contributed by atoms with Crippen molar-refractivity contribution in [2.45, 2.75) is 30.8 Å².